The monoisotopic (exact) mass is 382 g/mol. The largest absolute Gasteiger partial charge is 0.350 e. The molecule has 0 aromatic heterocycles. The van der Waals surface area contributed by atoms with Gasteiger partial charge < -0.3 is 5.32 Å². The zero-order chi connectivity index (χ0) is 19.5. The summed E-state index contributed by atoms with van der Waals surface area (Å²) in [6.45, 7) is 3.54. The molecule has 1 N–H and O–H groups in total. The summed E-state index contributed by atoms with van der Waals surface area (Å²) in [4.78, 5) is 12.4. The van der Waals surface area contributed by atoms with E-state index in [4.69, 9.17) is 0 Å². The number of nitrogens with one attached hydrogen (secondary N) is 1. The normalized spacial score (nSPS) is 12.5. The van der Waals surface area contributed by atoms with Crippen molar-refractivity contribution in [2.45, 2.75) is 26.4 Å². The van der Waals surface area contributed by atoms with Gasteiger partial charge in [0.25, 0.3) is 0 Å². The third-order valence-corrected chi connectivity index (χ3v) is 5.08. The first-order valence-electron chi connectivity index (χ1n) is 7.87. The molecule has 2 rings (SSSR count). The molecular weight excluding hydrogens is 362 g/mol. The number of aryl methyl sites for hydroxylation is 1. The SMILES string of the molecule is Cc1ccc(CNC(=O)[C@@H](C)N(c2ccc(F)c(F)c2)S(C)(=O)=O)cc1. The van der Waals surface area contributed by atoms with Crippen molar-refractivity contribution in [2.75, 3.05) is 10.6 Å². The van der Waals surface area contributed by atoms with Gasteiger partial charge in [-0.15, -0.1) is 0 Å². The van der Waals surface area contributed by atoms with E-state index in [-0.39, 0.29) is 12.2 Å². The summed E-state index contributed by atoms with van der Waals surface area (Å²) in [5.74, 6) is -2.84. The average Bonchev–Trinajstić information content (AvgIpc) is 2.56. The van der Waals surface area contributed by atoms with E-state index in [1.54, 1.807) is 0 Å². The molecule has 0 aliphatic rings. The number of halogens is 2. The second-order valence-electron chi connectivity index (χ2n) is 6.04. The maximum absolute atomic E-state index is 13.5. The zero-order valence-corrected chi connectivity index (χ0v) is 15.5. The standard InChI is InChI=1S/C18H20F2N2O3S/c1-12-4-6-14(7-5-12)11-21-18(23)13(2)22(26(3,24)25)15-8-9-16(19)17(20)10-15/h4-10,13H,11H2,1-3H3,(H,21,23)/t13-/m1/s1. The Morgan fingerprint density at radius 1 is 1.12 bits per heavy atom. The fourth-order valence-corrected chi connectivity index (χ4v) is 3.64. The molecule has 1 atom stereocenters. The summed E-state index contributed by atoms with van der Waals surface area (Å²) >= 11 is 0. The van der Waals surface area contributed by atoms with Gasteiger partial charge in [-0.3, -0.25) is 9.10 Å². The Morgan fingerprint density at radius 3 is 2.27 bits per heavy atom. The number of nitrogens with zero attached hydrogens (tertiary/aromatic N) is 1. The molecule has 2 aromatic carbocycles. The van der Waals surface area contributed by atoms with Crippen LogP contribution < -0.4 is 9.62 Å². The van der Waals surface area contributed by atoms with Crippen molar-refractivity contribution in [1.29, 1.82) is 0 Å². The van der Waals surface area contributed by atoms with Gasteiger partial charge in [0.05, 0.1) is 11.9 Å². The van der Waals surface area contributed by atoms with Gasteiger partial charge in [-0.2, -0.15) is 0 Å². The highest BCUT2D eigenvalue weighted by atomic mass is 32.2. The number of rotatable bonds is 6. The fraction of sp³-hybridized carbons (Fsp3) is 0.278. The molecule has 8 heteroatoms. The second-order valence-corrected chi connectivity index (χ2v) is 7.90. The number of amides is 1. The minimum Gasteiger partial charge on any atom is -0.350 e. The summed E-state index contributed by atoms with van der Waals surface area (Å²) in [7, 11) is -3.90. The highest BCUT2D eigenvalue weighted by Crippen LogP contribution is 2.23. The van der Waals surface area contributed by atoms with Gasteiger partial charge in [0.15, 0.2) is 11.6 Å². The van der Waals surface area contributed by atoms with E-state index in [2.05, 4.69) is 5.32 Å². The van der Waals surface area contributed by atoms with Crippen molar-refractivity contribution >= 4 is 21.6 Å². The first-order chi connectivity index (χ1) is 12.1. The Hall–Kier alpha value is -2.48. The fourth-order valence-electron chi connectivity index (χ4n) is 2.47. The topological polar surface area (TPSA) is 66.5 Å². The Kier molecular flexibility index (Phi) is 5.97. The van der Waals surface area contributed by atoms with E-state index >= 15 is 0 Å². The van der Waals surface area contributed by atoms with Crippen molar-refractivity contribution in [1.82, 2.24) is 5.32 Å². The van der Waals surface area contributed by atoms with Crippen LogP contribution in [0.15, 0.2) is 42.5 Å². The lowest BCUT2D eigenvalue weighted by atomic mass is 10.1. The van der Waals surface area contributed by atoms with Crippen molar-refractivity contribution in [3.63, 3.8) is 0 Å². The molecule has 0 radical (unpaired) electrons. The maximum Gasteiger partial charge on any atom is 0.243 e. The lowest BCUT2D eigenvalue weighted by Gasteiger charge is -2.28. The summed E-state index contributed by atoms with van der Waals surface area (Å²) in [6, 6.07) is 9.04. The van der Waals surface area contributed by atoms with Crippen LogP contribution in [-0.4, -0.2) is 26.6 Å². The van der Waals surface area contributed by atoms with Gasteiger partial charge in [0.1, 0.15) is 6.04 Å². The number of hydrogen-bond donors (Lipinski definition) is 1. The predicted molar refractivity (Wildman–Crippen MR) is 96.2 cm³/mol. The van der Waals surface area contributed by atoms with Gasteiger partial charge in [-0.05, 0) is 31.5 Å². The molecule has 0 bridgehead atoms. The maximum atomic E-state index is 13.5. The Bertz CT molecular complexity index is 899. The number of hydrogen-bond acceptors (Lipinski definition) is 3. The van der Waals surface area contributed by atoms with E-state index in [1.165, 1.54) is 6.92 Å². The first kappa shape index (κ1) is 19.8. The lowest BCUT2D eigenvalue weighted by Crippen LogP contribution is -2.47. The predicted octanol–water partition coefficient (Wildman–Crippen LogP) is 2.74. The molecule has 0 fully saturated rings. The van der Waals surface area contributed by atoms with Crippen LogP contribution in [0, 0.1) is 18.6 Å². The average molecular weight is 382 g/mol. The van der Waals surface area contributed by atoms with Crippen molar-refractivity contribution in [3.8, 4) is 0 Å². The minimum absolute atomic E-state index is 0.121. The van der Waals surface area contributed by atoms with Crippen LogP contribution >= 0.6 is 0 Å². The molecule has 0 spiro atoms. The number of sulfonamides is 1. The van der Waals surface area contributed by atoms with E-state index in [0.29, 0.717) is 0 Å². The number of carbonyl (C=O) groups is 1. The van der Waals surface area contributed by atoms with Gasteiger partial charge >= 0.3 is 0 Å². The third-order valence-electron chi connectivity index (χ3n) is 3.83. The van der Waals surface area contributed by atoms with E-state index in [0.717, 1.165) is 39.9 Å². The molecule has 2 aromatic rings. The Balaban J connectivity index is 2.20. The van der Waals surface area contributed by atoms with Crippen LogP contribution in [0.5, 0.6) is 0 Å². The third kappa shape index (κ3) is 4.78. The van der Waals surface area contributed by atoms with Crippen LogP contribution in [0.25, 0.3) is 0 Å². The first-order valence-corrected chi connectivity index (χ1v) is 9.72. The Labute approximate surface area is 151 Å². The summed E-state index contributed by atoms with van der Waals surface area (Å²) in [5, 5.41) is 2.65. The van der Waals surface area contributed by atoms with Crippen LogP contribution in [0.2, 0.25) is 0 Å². The van der Waals surface area contributed by atoms with E-state index in [9.17, 15) is 22.0 Å². The van der Waals surface area contributed by atoms with Crippen LogP contribution in [0.3, 0.4) is 0 Å². The number of carbonyl (C=O) groups excluding carboxylic acids is 1. The molecule has 0 unspecified atom stereocenters. The van der Waals surface area contributed by atoms with E-state index < -0.39 is 33.6 Å². The van der Waals surface area contributed by atoms with Gasteiger partial charge in [0.2, 0.25) is 15.9 Å². The summed E-state index contributed by atoms with van der Waals surface area (Å²) < 4.78 is 51.6. The van der Waals surface area contributed by atoms with Crippen molar-refractivity contribution < 1.29 is 22.0 Å². The van der Waals surface area contributed by atoms with Gasteiger partial charge in [-0.1, -0.05) is 29.8 Å². The molecule has 0 heterocycles. The molecule has 0 aliphatic carbocycles. The van der Waals surface area contributed by atoms with E-state index in [1.807, 2.05) is 31.2 Å². The molecule has 0 aliphatic heterocycles. The summed E-state index contributed by atoms with van der Waals surface area (Å²) in [6.07, 6.45) is 0.901. The van der Waals surface area contributed by atoms with Crippen molar-refractivity contribution in [2.24, 2.45) is 0 Å². The van der Waals surface area contributed by atoms with Crippen LogP contribution in [0.4, 0.5) is 14.5 Å². The molecule has 0 saturated heterocycles. The second kappa shape index (κ2) is 7.82. The van der Waals surface area contributed by atoms with Crippen LogP contribution in [-0.2, 0) is 21.4 Å². The smallest absolute Gasteiger partial charge is 0.243 e. The van der Waals surface area contributed by atoms with Gasteiger partial charge in [-0.25, -0.2) is 17.2 Å². The summed E-state index contributed by atoms with van der Waals surface area (Å²) in [5.41, 5.74) is 1.81. The van der Waals surface area contributed by atoms with Gasteiger partial charge in [0, 0.05) is 12.6 Å². The molecule has 140 valence electrons. The zero-order valence-electron chi connectivity index (χ0n) is 14.7. The molecule has 5 nitrogen and oxygen atoms in total. The molecule has 26 heavy (non-hydrogen) atoms. The number of anilines is 1. The van der Waals surface area contributed by atoms with Crippen LogP contribution in [0.1, 0.15) is 18.1 Å². The highest BCUT2D eigenvalue weighted by Gasteiger charge is 2.29. The quantitative estimate of drug-likeness (QED) is 0.835. The molecular formula is C18H20F2N2O3S. The Morgan fingerprint density at radius 2 is 1.73 bits per heavy atom. The molecule has 0 saturated carbocycles. The number of benzene rings is 2. The molecule has 1 amide bonds. The lowest BCUT2D eigenvalue weighted by molar-refractivity contribution is -0.122. The highest BCUT2D eigenvalue weighted by molar-refractivity contribution is 7.92. The minimum atomic E-state index is -3.90. The van der Waals surface area contributed by atoms with Crippen molar-refractivity contribution in [3.05, 3.63) is 65.2 Å².